The molecule has 2 unspecified atom stereocenters. The molecule has 0 radical (unpaired) electrons. The lowest BCUT2D eigenvalue weighted by Gasteiger charge is -2.26. The molecule has 0 bridgehead atoms. The number of hydrogen-bond acceptors (Lipinski definition) is 3. The van der Waals surface area contributed by atoms with E-state index in [9.17, 15) is 9.59 Å². The number of rotatable bonds is 4. The van der Waals surface area contributed by atoms with Crippen LogP contribution < -0.4 is 10.6 Å². The molecule has 5 rings (SSSR count). The Morgan fingerprint density at radius 3 is 2.86 bits per heavy atom. The van der Waals surface area contributed by atoms with Crippen LogP contribution in [0.2, 0.25) is 0 Å². The lowest BCUT2D eigenvalue weighted by Crippen LogP contribution is -2.47. The Labute approximate surface area is 169 Å². The zero-order valence-electron chi connectivity index (χ0n) is 16.4. The van der Waals surface area contributed by atoms with E-state index >= 15 is 0 Å². The topological polar surface area (TPSA) is 77.2 Å². The minimum Gasteiger partial charge on any atom is -0.361 e. The first-order valence-electron chi connectivity index (χ1n) is 10.0. The number of benzene rings is 2. The van der Waals surface area contributed by atoms with Crippen molar-refractivity contribution in [2.45, 2.75) is 24.3 Å². The molecule has 148 valence electrons. The Morgan fingerprint density at radius 2 is 2.00 bits per heavy atom. The maximum absolute atomic E-state index is 13.3. The molecule has 29 heavy (non-hydrogen) atoms. The van der Waals surface area contributed by atoms with E-state index in [1.54, 1.807) is 0 Å². The van der Waals surface area contributed by atoms with Crippen LogP contribution in [0.1, 0.15) is 17.5 Å². The van der Waals surface area contributed by atoms with Gasteiger partial charge in [-0.05, 0) is 43.1 Å². The van der Waals surface area contributed by atoms with Crippen LogP contribution in [0, 0.1) is 0 Å². The number of likely N-dealkylation sites (tertiary alicyclic amines) is 1. The number of likely N-dealkylation sites (N-methyl/N-ethyl adjacent to an activating group) is 1. The summed E-state index contributed by atoms with van der Waals surface area (Å²) < 4.78 is 0. The summed E-state index contributed by atoms with van der Waals surface area (Å²) in [6, 6.07) is 15.6. The molecule has 6 heteroatoms. The summed E-state index contributed by atoms with van der Waals surface area (Å²) in [5, 5.41) is 7.32. The molecule has 6 nitrogen and oxygen atoms in total. The van der Waals surface area contributed by atoms with Crippen molar-refractivity contribution in [1.82, 2.24) is 15.2 Å². The molecule has 0 saturated carbocycles. The van der Waals surface area contributed by atoms with E-state index in [1.165, 1.54) is 0 Å². The quantitative estimate of drug-likeness (QED) is 0.642. The summed E-state index contributed by atoms with van der Waals surface area (Å²) in [6.45, 7) is 1.02. The summed E-state index contributed by atoms with van der Waals surface area (Å²) >= 11 is 0. The lowest BCUT2D eigenvalue weighted by molar-refractivity contribution is -0.132. The molecule has 2 aliphatic heterocycles. The minimum atomic E-state index is -0.620. The molecule has 3 heterocycles. The van der Waals surface area contributed by atoms with Crippen LogP contribution >= 0.6 is 0 Å². The molecular weight excluding hydrogens is 364 g/mol. The zero-order valence-corrected chi connectivity index (χ0v) is 16.4. The van der Waals surface area contributed by atoms with Crippen molar-refractivity contribution >= 4 is 28.4 Å². The number of nitrogens with zero attached hydrogens (tertiary/aromatic N) is 1. The molecule has 2 amide bonds. The number of para-hydroxylation sites is 2. The molecule has 1 spiro atoms. The standard InChI is InChI=1S/C23H24N4O2/c1-24-20(12-15-13-25-18-8-4-2-6-16(15)18)21(28)27-11-10-23(14-27)17-7-3-5-9-19(17)26-22(23)29/h2-9,13,20,24-25H,10-12,14H2,1H3,(H,26,29). The van der Waals surface area contributed by atoms with Crippen molar-refractivity contribution in [2.75, 3.05) is 25.5 Å². The van der Waals surface area contributed by atoms with Gasteiger partial charge < -0.3 is 20.5 Å². The Morgan fingerprint density at radius 1 is 1.21 bits per heavy atom. The van der Waals surface area contributed by atoms with E-state index in [-0.39, 0.29) is 17.9 Å². The van der Waals surface area contributed by atoms with Gasteiger partial charge in [-0.15, -0.1) is 0 Å². The van der Waals surface area contributed by atoms with E-state index in [2.05, 4.69) is 21.7 Å². The number of hydrogen-bond donors (Lipinski definition) is 3. The molecule has 2 atom stereocenters. The fraction of sp³-hybridized carbons (Fsp3) is 0.304. The first kappa shape index (κ1) is 17.9. The highest BCUT2D eigenvalue weighted by atomic mass is 16.2. The molecule has 2 aromatic carbocycles. The van der Waals surface area contributed by atoms with Gasteiger partial charge in [-0.2, -0.15) is 0 Å². The number of fused-ring (bicyclic) bond motifs is 3. The minimum absolute atomic E-state index is 0.00614. The van der Waals surface area contributed by atoms with Crippen LogP contribution in [0.15, 0.2) is 54.7 Å². The highest BCUT2D eigenvalue weighted by molar-refractivity contribution is 6.07. The van der Waals surface area contributed by atoms with Gasteiger partial charge in [0.15, 0.2) is 0 Å². The number of carbonyl (C=O) groups excluding carboxylic acids is 2. The number of nitrogens with one attached hydrogen (secondary N) is 3. The highest BCUT2D eigenvalue weighted by Crippen LogP contribution is 2.44. The first-order chi connectivity index (χ1) is 14.1. The lowest BCUT2D eigenvalue weighted by atomic mass is 9.81. The molecule has 1 aromatic heterocycles. The van der Waals surface area contributed by atoms with Gasteiger partial charge in [0.05, 0.1) is 11.5 Å². The fourth-order valence-electron chi connectivity index (χ4n) is 4.83. The molecule has 1 fully saturated rings. The van der Waals surface area contributed by atoms with E-state index < -0.39 is 5.41 Å². The van der Waals surface area contributed by atoms with Gasteiger partial charge in [-0.1, -0.05) is 36.4 Å². The largest absolute Gasteiger partial charge is 0.361 e. The van der Waals surface area contributed by atoms with Gasteiger partial charge in [-0.3, -0.25) is 9.59 Å². The number of amides is 2. The predicted octanol–water partition coefficient (Wildman–Crippen LogP) is 2.42. The molecule has 3 aromatic rings. The first-order valence-corrected chi connectivity index (χ1v) is 10.0. The molecule has 3 N–H and O–H groups in total. The number of H-pyrrole nitrogens is 1. The summed E-state index contributed by atoms with van der Waals surface area (Å²) in [5.74, 6) is 0.0541. The summed E-state index contributed by atoms with van der Waals surface area (Å²) in [6.07, 6.45) is 3.24. The van der Waals surface area contributed by atoms with Crippen LogP contribution in [0.3, 0.4) is 0 Å². The van der Waals surface area contributed by atoms with Gasteiger partial charge in [-0.25, -0.2) is 0 Å². The third-order valence-corrected chi connectivity index (χ3v) is 6.45. The third-order valence-electron chi connectivity index (χ3n) is 6.45. The van der Waals surface area contributed by atoms with Crippen LogP contribution in [-0.2, 0) is 21.4 Å². The second-order valence-electron chi connectivity index (χ2n) is 8.00. The SMILES string of the molecule is CNC(Cc1c[nH]c2ccccc12)C(=O)N1CCC2(C1)C(=O)Nc1ccccc12. The maximum atomic E-state index is 13.3. The molecule has 2 aliphatic rings. The van der Waals surface area contributed by atoms with Gasteiger partial charge in [0.25, 0.3) is 0 Å². The summed E-state index contributed by atoms with van der Waals surface area (Å²) in [7, 11) is 1.82. The molecule has 0 aliphatic carbocycles. The van der Waals surface area contributed by atoms with E-state index in [0.717, 1.165) is 27.7 Å². The van der Waals surface area contributed by atoms with Gasteiger partial charge in [0.2, 0.25) is 11.8 Å². The van der Waals surface area contributed by atoms with Crippen molar-refractivity contribution in [3.05, 3.63) is 65.9 Å². The van der Waals surface area contributed by atoms with Crippen LogP contribution in [-0.4, -0.2) is 47.9 Å². The Kier molecular flexibility index (Phi) is 4.17. The number of aromatic nitrogens is 1. The van der Waals surface area contributed by atoms with Gasteiger partial charge in [0.1, 0.15) is 0 Å². The number of anilines is 1. The normalized spacial score (nSPS) is 21.6. The highest BCUT2D eigenvalue weighted by Gasteiger charge is 2.52. The summed E-state index contributed by atoms with van der Waals surface area (Å²) in [5.41, 5.74) is 3.45. The fourth-order valence-corrected chi connectivity index (χ4v) is 4.83. The van der Waals surface area contributed by atoms with Gasteiger partial charge in [0, 0.05) is 35.9 Å². The van der Waals surface area contributed by atoms with Crippen LogP contribution in [0.5, 0.6) is 0 Å². The van der Waals surface area contributed by atoms with E-state index in [1.807, 2.05) is 60.6 Å². The smallest absolute Gasteiger partial charge is 0.240 e. The Balaban J connectivity index is 1.37. The monoisotopic (exact) mass is 388 g/mol. The predicted molar refractivity (Wildman–Crippen MR) is 113 cm³/mol. The Hall–Kier alpha value is -3.12. The van der Waals surface area contributed by atoms with Crippen molar-refractivity contribution < 1.29 is 9.59 Å². The average Bonchev–Trinajstić information content (AvgIpc) is 3.44. The summed E-state index contributed by atoms with van der Waals surface area (Å²) in [4.78, 5) is 31.2. The van der Waals surface area contributed by atoms with Gasteiger partial charge >= 0.3 is 0 Å². The van der Waals surface area contributed by atoms with E-state index in [4.69, 9.17) is 0 Å². The van der Waals surface area contributed by atoms with Crippen molar-refractivity contribution in [2.24, 2.45) is 0 Å². The third kappa shape index (κ3) is 2.75. The molecule has 1 saturated heterocycles. The second kappa shape index (κ2) is 6.74. The Bertz CT molecular complexity index is 1100. The van der Waals surface area contributed by atoms with Crippen molar-refractivity contribution in [3.63, 3.8) is 0 Å². The average molecular weight is 388 g/mol. The molecular formula is C23H24N4O2. The van der Waals surface area contributed by atoms with Crippen LogP contribution in [0.25, 0.3) is 10.9 Å². The number of carbonyl (C=O) groups is 2. The maximum Gasteiger partial charge on any atom is 0.240 e. The van der Waals surface area contributed by atoms with Crippen LogP contribution in [0.4, 0.5) is 5.69 Å². The van der Waals surface area contributed by atoms with Crippen molar-refractivity contribution in [3.8, 4) is 0 Å². The second-order valence-corrected chi connectivity index (χ2v) is 8.00. The van der Waals surface area contributed by atoms with E-state index in [0.29, 0.717) is 25.9 Å². The zero-order chi connectivity index (χ0) is 20.0. The number of aromatic amines is 1. The van der Waals surface area contributed by atoms with Crippen molar-refractivity contribution in [1.29, 1.82) is 0 Å².